The molecule has 0 aromatic carbocycles. The summed E-state index contributed by atoms with van der Waals surface area (Å²) in [5.74, 6) is -0.409. The average molecular weight is 203 g/mol. The molecule has 5 nitrogen and oxygen atoms in total. The quantitative estimate of drug-likeness (QED) is 0.533. The van der Waals surface area contributed by atoms with Gasteiger partial charge in [0.15, 0.2) is 0 Å². The van der Waals surface area contributed by atoms with Crippen molar-refractivity contribution in [1.29, 1.82) is 0 Å². The summed E-state index contributed by atoms with van der Waals surface area (Å²) in [6, 6.07) is 0. The normalized spacial score (nSPS) is 9.71. The van der Waals surface area contributed by atoms with Crippen molar-refractivity contribution in [2.45, 2.75) is 20.8 Å². The zero-order valence-corrected chi connectivity index (χ0v) is 8.83. The fourth-order valence-corrected chi connectivity index (χ4v) is 0.654. The van der Waals surface area contributed by atoms with Gasteiger partial charge in [-0.15, -0.1) is 0 Å². The number of rotatable bonds is 5. The lowest BCUT2D eigenvalue weighted by Crippen LogP contribution is -2.29. The Morgan fingerprint density at radius 1 is 1.29 bits per heavy atom. The number of esters is 1. The number of carbonyl (C=O) groups is 2. The minimum Gasteiger partial charge on any atom is -0.464 e. The fourth-order valence-electron chi connectivity index (χ4n) is 0.654. The molecule has 0 saturated carbocycles. The van der Waals surface area contributed by atoms with E-state index in [1.165, 1.54) is 0 Å². The van der Waals surface area contributed by atoms with Gasteiger partial charge in [0.1, 0.15) is 6.61 Å². The summed E-state index contributed by atoms with van der Waals surface area (Å²) in [7, 11) is 0. The van der Waals surface area contributed by atoms with Crippen molar-refractivity contribution < 1.29 is 19.1 Å². The molecule has 0 aliphatic carbocycles. The first kappa shape index (κ1) is 12.7. The third-order valence-electron chi connectivity index (χ3n) is 1.36. The van der Waals surface area contributed by atoms with E-state index in [2.05, 4.69) is 10.1 Å². The summed E-state index contributed by atoms with van der Waals surface area (Å²) in [5, 5.41) is 2.44. The van der Waals surface area contributed by atoms with Gasteiger partial charge in [-0.1, -0.05) is 13.8 Å². The first-order valence-corrected chi connectivity index (χ1v) is 4.65. The van der Waals surface area contributed by atoms with Crippen LogP contribution in [0, 0.1) is 5.92 Å². The summed E-state index contributed by atoms with van der Waals surface area (Å²) in [5.41, 5.74) is 0. The molecule has 82 valence electrons. The largest absolute Gasteiger partial charge is 0.464 e. The standard InChI is InChI=1S/C9H17NO4/c1-4-13-9(12)10-5-6-14-8(11)7(2)3/h7H,4-6H2,1-3H3,(H,10,12). The van der Waals surface area contributed by atoms with Crippen LogP contribution in [0.2, 0.25) is 0 Å². The molecular formula is C9H17NO4. The van der Waals surface area contributed by atoms with Crippen molar-refractivity contribution in [3.63, 3.8) is 0 Å². The molecule has 0 aromatic heterocycles. The molecule has 0 aliphatic rings. The molecule has 0 atom stereocenters. The smallest absolute Gasteiger partial charge is 0.407 e. The van der Waals surface area contributed by atoms with Crippen LogP contribution in [0.3, 0.4) is 0 Å². The molecule has 0 bridgehead atoms. The highest BCUT2D eigenvalue weighted by atomic mass is 16.6. The van der Waals surface area contributed by atoms with Gasteiger partial charge >= 0.3 is 12.1 Å². The van der Waals surface area contributed by atoms with Gasteiger partial charge in [-0.3, -0.25) is 4.79 Å². The molecule has 1 amide bonds. The summed E-state index contributed by atoms with van der Waals surface area (Å²) in [6.45, 7) is 6.01. The lowest BCUT2D eigenvalue weighted by atomic mass is 10.2. The molecule has 0 aliphatic heterocycles. The number of alkyl carbamates (subject to hydrolysis) is 1. The SMILES string of the molecule is CCOC(=O)NCCOC(=O)C(C)C. The molecule has 0 heterocycles. The molecule has 14 heavy (non-hydrogen) atoms. The predicted molar refractivity (Wildman–Crippen MR) is 50.8 cm³/mol. The van der Waals surface area contributed by atoms with Crippen LogP contribution in [0.5, 0.6) is 0 Å². The Bertz CT molecular complexity index is 191. The molecule has 0 rings (SSSR count). The number of nitrogens with one attached hydrogen (secondary N) is 1. The number of hydrogen-bond acceptors (Lipinski definition) is 4. The fraction of sp³-hybridized carbons (Fsp3) is 0.778. The Labute approximate surface area is 83.8 Å². The van der Waals surface area contributed by atoms with E-state index >= 15 is 0 Å². The second-order valence-electron chi connectivity index (χ2n) is 2.97. The number of ether oxygens (including phenoxy) is 2. The van der Waals surface area contributed by atoms with Crippen LogP contribution in [0.25, 0.3) is 0 Å². The van der Waals surface area contributed by atoms with Crippen molar-refractivity contribution in [3.8, 4) is 0 Å². The molecule has 0 radical (unpaired) electrons. The maximum atomic E-state index is 10.9. The molecule has 0 aromatic rings. The second kappa shape index (κ2) is 7.17. The van der Waals surface area contributed by atoms with Gasteiger partial charge in [0.25, 0.3) is 0 Å². The zero-order chi connectivity index (χ0) is 11.0. The molecular weight excluding hydrogens is 186 g/mol. The number of carbonyl (C=O) groups excluding carboxylic acids is 2. The van der Waals surface area contributed by atoms with Crippen LogP contribution in [0.1, 0.15) is 20.8 Å². The topological polar surface area (TPSA) is 64.6 Å². The Hall–Kier alpha value is -1.26. The maximum absolute atomic E-state index is 10.9. The summed E-state index contributed by atoms with van der Waals surface area (Å²) in [4.78, 5) is 21.7. The van der Waals surface area contributed by atoms with Crippen molar-refractivity contribution >= 4 is 12.1 Å². The highest BCUT2D eigenvalue weighted by Crippen LogP contribution is 1.94. The molecule has 0 fully saturated rings. The summed E-state index contributed by atoms with van der Waals surface area (Å²) in [6.07, 6.45) is -0.493. The highest BCUT2D eigenvalue weighted by Gasteiger charge is 2.07. The van der Waals surface area contributed by atoms with Gasteiger partial charge in [-0.25, -0.2) is 4.79 Å². The first-order valence-electron chi connectivity index (χ1n) is 4.65. The number of amides is 1. The Kier molecular flexibility index (Phi) is 6.53. The average Bonchev–Trinajstić information content (AvgIpc) is 2.12. The third-order valence-corrected chi connectivity index (χ3v) is 1.36. The van der Waals surface area contributed by atoms with E-state index in [0.29, 0.717) is 6.61 Å². The van der Waals surface area contributed by atoms with Gasteiger partial charge in [-0.2, -0.15) is 0 Å². The Morgan fingerprint density at radius 3 is 2.43 bits per heavy atom. The van der Waals surface area contributed by atoms with E-state index in [1.807, 2.05) is 0 Å². The Balaban J connectivity index is 3.38. The van der Waals surface area contributed by atoms with Gasteiger partial charge in [0, 0.05) is 0 Å². The minimum atomic E-state index is -0.493. The molecule has 0 unspecified atom stereocenters. The van der Waals surface area contributed by atoms with Crippen LogP contribution in [-0.4, -0.2) is 31.8 Å². The van der Waals surface area contributed by atoms with Crippen molar-refractivity contribution in [2.24, 2.45) is 5.92 Å². The van der Waals surface area contributed by atoms with Crippen LogP contribution in [0.15, 0.2) is 0 Å². The Morgan fingerprint density at radius 2 is 1.93 bits per heavy atom. The molecule has 0 spiro atoms. The molecule has 5 heteroatoms. The summed E-state index contributed by atoms with van der Waals surface area (Å²) < 4.78 is 9.43. The van der Waals surface area contributed by atoms with E-state index in [1.54, 1.807) is 20.8 Å². The molecule has 1 N–H and O–H groups in total. The van der Waals surface area contributed by atoms with Crippen LogP contribution in [-0.2, 0) is 14.3 Å². The third kappa shape index (κ3) is 6.28. The van der Waals surface area contributed by atoms with Gasteiger partial charge in [-0.05, 0) is 6.92 Å². The van der Waals surface area contributed by atoms with Gasteiger partial charge in [0.2, 0.25) is 0 Å². The van der Waals surface area contributed by atoms with Gasteiger partial charge < -0.3 is 14.8 Å². The monoisotopic (exact) mass is 203 g/mol. The first-order chi connectivity index (χ1) is 6.57. The minimum absolute atomic E-state index is 0.141. The zero-order valence-electron chi connectivity index (χ0n) is 8.83. The van der Waals surface area contributed by atoms with E-state index in [9.17, 15) is 9.59 Å². The summed E-state index contributed by atoms with van der Waals surface area (Å²) >= 11 is 0. The van der Waals surface area contributed by atoms with Crippen LogP contribution < -0.4 is 5.32 Å². The maximum Gasteiger partial charge on any atom is 0.407 e. The van der Waals surface area contributed by atoms with Gasteiger partial charge in [0.05, 0.1) is 19.1 Å². The van der Waals surface area contributed by atoms with Crippen molar-refractivity contribution in [3.05, 3.63) is 0 Å². The molecule has 0 saturated heterocycles. The highest BCUT2D eigenvalue weighted by molar-refractivity contribution is 5.71. The number of hydrogen-bond donors (Lipinski definition) is 1. The van der Waals surface area contributed by atoms with E-state index in [4.69, 9.17) is 4.74 Å². The van der Waals surface area contributed by atoms with Crippen molar-refractivity contribution in [2.75, 3.05) is 19.8 Å². The van der Waals surface area contributed by atoms with Crippen LogP contribution in [0.4, 0.5) is 4.79 Å². The lowest BCUT2D eigenvalue weighted by Gasteiger charge is -2.07. The van der Waals surface area contributed by atoms with E-state index in [0.717, 1.165) is 0 Å². The predicted octanol–water partition coefficient (Wildman–Crippen LogP) is 0.932. The van der Waals surface area contributed by atoms with Crippen molar-refractivity contribution in [1.82, 2.24) is 5.32 Å². The van der Waals surface area contributed by atoms with E-state index in [-0.39, 0.29) is 25.0 Å². The van der Waals surface area contributed by atoms with Crippen LogP contribution >= 0.6 is 0 Å². The lowest BCUT2D eigenvalue weighted by molar-refractivity contribution is -0.147. The van der Waals surface area contributed by atoms with E-state index < -0.39 is 6.09 Å². The second-order valence-corrected chi connectivity index (χ2v) is 2.97.